The van der Waals surface area contributed by atoms with Gasteiger partial charge in [0.25, 0.3) is 5.78 Å². The molecule has 3 rings (SSSR count). The summed E-state index contributed by atoms with van der Waals surface area (Å²) in [7, 11) is 1.62. The Hall–Kier alpha value is -2.51. The first-order valence-electron chi connectivity index (χ1n) is 8.69. The number of hydrogen-bond acceptors (Lipinski definition) is 5. The van der Waals surface area contributed by atoms with Gasteiger partial charge in [0.05, 0.1) is 0 Å². The molecule has 0 aromatic carbocycles. The fourth-order valence-electron chi connectivity index (χ4n) is 3.56. The van der Waals surface area contributed by atoms with E-state index in [1.54, 1.807) is 16.5 Å². The molecule has 0 spiro atoms. The molecular formula is C17H24N6O2. The van der Waals surface area contributed by atoms with Gasteiger partial charge in [0.2, 0.25) is 11.8 Å². The first-order valence-corrected chi connectivity index (χ1v) is 8.69. The number of aromatic nitrogens is 4. The van der Waals surface area contributed by atoms with Gasteiger partial charge in [-0.05, 0) is 45.1 Å². The Labute approximate surface area is 146 Å². The molecule has 0 saturated carbocycles. The minimum Gasteiger partial charge on any atom is -0.357 e. The summed E-state index contributed by atoms with van der Waals surface area (Å²) >= 11 is 0. The van der Waals surface area contributed by atoms with E-state index in [0.717, 1.165) is 36.2 Å². The first-order chi connectivity index (χ1) is 12.0. The third-order valence-electron chi connectivity index (χ3n) is 4.95. The standard InChI is InChI=1S/C17H24N6O2/c1-11-13(12(2)23-17(21-11)19-10-20-23)7-8-15(24)22-9-5-4-6-14(22)16(25)18-3/h10,14H,4-9H2,1-3H3,(H,18,25). The highest BCUT2D eigenvalue weighted by atomic mass is 16.2. The lowest BCUT2D eigenvalue weighted by Crippen LogP contribution is -2.51. The van der Waals surface area contributed by atoms with Crippen molar-refractivity contribution in [3.63, 3.8) is 0 Å². The summed E-state index contributed by atoms with van der Waals surface area (Å²) in [6.07, 6.45) is 5.07. The molecule has 25 heavy (non-hydrogen) atoms. The van der Waals surface area contributed by atoms with E-state index in [-0.39, 0.29) is 17.9 Å². The van der Waals surface area contributed by atoms with E-state index in [2.05, 4.69) is 20.4 Å². The monoisotopic (exact) mass is 344 g/mol. The second kappa shape index (κ2) is 7.16. The van der Waals surface area contributed by atoms with Crippen LogP contribution in [0.5, 0.6) is 0 Å². The second-order valence-corrected chi connectivity index (χ2v) is 6.45. The third-order valence-corrected chi connectivity index (χ3v) is 4.95. The summed E-state index contributed by atoms with van der Waals surface area (Å²) in [6.45, 7) is 4.54. The van der Waals surface area contributed by atoms with Crippen molar-refractivity contribution in [2.45, 2.75) is 52.0 Å². The predicted octanol–water partition coefficient (Wildman–Crippen LogP) is 0.801. The third kappa shape index (κ3) is 3.33. The number of carbonyl (C=O) groups is 2. The molecule has 1 saturated heterocycles. The lowest BCUT2D eigenvalue weighted by atomic mass is 9.99. The number of carbonyl (C=O) groups excluding carboxylic acids is 2. The average molecular weight is 344 g/mol. The molecule has 0 radical (unpaired) electrons. The Morgan fingerprint density at radius 3 is 2.88 bits per heavy atom. The van der Waals surface area contributed by atoms with Gasteiger partial charge in [-0.25, -0.2) is 9.50 Å². The topological polar surface area (TPSA) is 92.5 Å². The van der Waals surface area contributed by atoms with Gasteiger partial charge in [0, 0.05) is 31.4 Å². The van der Waals surface area contributed by atoms with Crippen LogP contribution in [-0.2, 0) is 16.0 Å². The van der Waals surface area contributed by atoms with Gasteiger partial charge >= 0.3 is 0 Å². The van der Waals surface area contributed by atoms with Crippen LogP contribution in [0.1, 0.15) is 42.6 Å². The number of aryl methyl sites for hydroxylation is 2. The Balaban J connectivity index is 1.74. The van der Waals surface area contributed by atoms with Crippen molar-refractivity contribution in [2.24, 2.45) is 0 Å². The maximum Gasteiger partial charge on any atom is 0.252 e. The van der Waals surface area contributed by atoms with Crippen molar-refractivity contribution in [3.8, 4) is 0 Å². The highest BCUT2D eigenvalue weighted by Gasteiger charge is 2.31. The number of amides is 2. The van der Waals surface area contributed by atoms with Crippen LogP contribution in [-0.4, -0.2) is 55.9 Å². The number of likely N-dealkylation sites (tertiary alicyclic amines) is 1. The Morgan fingerprint density at radius 1 is 1.32 bits per heavy atom. The van der Waals surface area contributed by atoms with Gasteiger partial charge in [-0.15, -0.1) is 0 Å². The summed E-state index contributed by atoms with van der Waals surface area (Å²) in [5.41, 5.74) is 2.83. The second-order valence-electron chi connectivity index (χ2n) is 6.45. The Kier molecular flexibility index (Phi) is 4.96. The van der Waals surface area contributed by atoms with E-state index in [4.69, 9.17) is 0 Å². The Bertz CT molecular complexity index is 800. The van der Waals surface area contributed by atoms with E-state index in [1.165, 1.54) is 6.33 Å². The molecule has 2 aromatic heterocycles. The normalized spacial score (nSPS) is 17.7. The zero-order valence-electron chi connectivity index (χ0n) is 14.9. The van der Waals surface area contributed by atoms with Gasteiger partial charge in [0.1, 0.15) is 12.4 Å². The molecule has 3 heterocycles. The largest absolute Gasteiger partial charge is 0.357 e. The first kappa shape index (κ1) is 17.3. The molecule has 1 atom stereocenters. The van der Waals surface area contributed by atoms with Crippen molar-refractivity contribution in [1.29, 1.82) is 0 Å². The number of nitrogens with zero attached hydrogens (tertiary/aromatic N) is 5. The molecule has 1 N–H and O–H groups in total. The zero-order valence-corrected chi connectivity index (χ0v) is 14.9. The molecule has 1 unspecified atom stereocenters. The molecule has 2 aromatic rings. The zero-order chi connectivity index (χ0) is 18.0. The molecule has 134 valence electrons. The molecule has 0 aliphatic carbocycles. The van der Waals surface area contributed by atoms with Gasteiger partial charge in [-0.2, -0.15) is 10.1 Å². The van der Waals surface area contributed by atoms with Crippen LogP contribution in [0.4, 0.5) is 0 Å². The SMILES string of the molecule is CNC(=O)C1CCCCN1C(=O)CCc1c(C)nc2ncnn2c1C. The van der Waals surface area contributed by atoms with Gasteiger partial charge in [-0.1, -0.05) is 0 Å². The van der Waals surface area contributed by atoms with E-state index < -0.39 is 0 Å². The van der Waals surface area contributed by atoms with Crippen molar-refractivity contribution in [2.75, 3.05) is 13.6 Å². The molecule has 2 amide bonds. The van der Waals surface area contributed by atoms with E-state index in [1.807, 2.05) is 13.8 Å². The van der Waals surface area contributed by atoms with Crippen molar-refractivity contribution < 1.29 is 9.59 Å². The summed E-state index contributed by atoms with van der Waals surface area (Å²) in [4.78, 5) is 35.1. The lowest BCUT2D eigenvalue weighted by molar-refractivity contribution is -0.142. The minimum atomic E-state index is -0.343. The molecule has 1 fully saturated rings. The lowest BCUT2D eigenvalue weighted by Gasteiger charge is -2.34. The van der Waals surface area contributed by atoms with Crippen LogP contribution in [0.2, 0.25) is 0 Å². The van der Waals surface area contributed by atoms with Gasteiger partial charge in [0.15, 0.2) is 0 Å². The molecule has 8 heteroatoms. The molecule has 1 aliphatic heterocycles. The van der Waals surface area contributed by atoms with Gasteiger partial charge < -0.3 is 10.2 Å². The van der Waals surface area contributed by atoms with Crippen LogP contribution in [0.15, 0.2) is 6.33 Å². The smallest absolute Gasteiger partial charge is 0.252 e. The van der Waals surface area contributed by atoms with Crippen molar-refractivity contribution in [1.82, 2.24) is 29.8 Å². The Morgan fingerprint density at radius 2 is 2.12 bits per heavy atom. The van der Waals surface area contributed by atoms with Crippen LogP contribution in [0.3, 0.4) is 0 Å². The summed E-state index contributed by atoms with van der Waals surface area (Å²) in [5.74, 6) is 0.512. The van der Waals surface area contributed by atoms with Crippen LogP contribution < -0.4 is 5.32 Å². The fraction of sp³-hybridized carbons (Fsp3) is 0.588. The molecule has 0 bridgehead atoms. The van der Waals surface area contributed by atoms with Crippen LogP contribution in [0.25, 0.3) is 5.78 Å². The predicted molar refractivity (Wildman–Crippen MR) is 92.0 cm³/mol. The molecular weight excluding hydrogens is 320 g/mol. The number of hydrogen-bond donors (Lipinski definition) is 1. The number of rotatable bonds is 4. The van der Waals surface area contributed by atoms with Gasteiger partial charge in [-0.3, -0.25) is 9.59 Å². The maximum atomic E-state index is 12.7. The van der Waals surface area contributed by atoms with Crippen LogP contribution in [0, 0.1) is 13.8 Å². The highest BCUT2D eigenvalue weighted by molar-refractivity contribution is 5.87. The number of likely N-dealkylation sites (N-methyl/N-ethyl adjacent to an activating group) is 1. The van der Waals surface area contributed by atoms with E-state index in [0.29, 0.717) is 25.2 Å². The maximum absolute atomic E-state index is 12.7. The minimum absolute atomic E-state index is 0.0192. The van der Waals surface area contributed by atoms with E-state index >= 15 is 0 Å². The van der Waals surface area contributed by atoms with Crippen molar-refractivity contribution >= 4 is 17.6 Å². The van der Waals surface area contributed by atoms with E-state index in [9.17, 15) is 9.59 Å². The number of nitrogens with one attached hydrogen (secondary N) is 1. The fourth-order valence-corrected chi connectivity index (χ4v) is 3.56. The van der Waals surface area contributed by atoms with Crippen LogP contribution >= 0.6 is 0 Å². The summed E-state index contributed by atoms with van der Waals surface area (Å²) in [5, 5.41) is 6.85. The summed E-state index contributed by atoms with van der Waals surface area (Å²) < 4.78 is 1.70. The quantitative estimate of drug-likeness (QED) is 0.886. The molecule has 8 nitrogen and oxygen atoms in total. The highest BCUT2D eigenvalue weighted by Crippen LogP contribution is 2.20. The average Bonchev–Trinajstić information content (AvgIpc) is 3.09. The number of fused-ring (bicyclic) bond motifs is 1. The number of piperidine rings is 1. The molecule has 1 aliphatic rings. The summed E-state index contributed by atoms with van der Waals surface area (Å²) in [6, 6.07) is -0.343. The van der Waals surface area contributed by atoms with Crippen molar-refractivity contribution in [3.05, 3.63) is 23.3 Å².